The molecular formula is C34H29ClN4O4. The summed E-state index contributed by atoms with van der Waals surface area (Å²) >= 11 is 6.34. The Labute approximate surface area is 253 Å². The molecule has 0 N–H and O–H groups in total. The molecule has 0 aliphatic rings. The fourth-order valence-corrected chi connectivity index (χ4v) is 5.25. The molecule has 0 fully saturated rings. The minimum Gasteiger partial charge on any atom is -0.329 e. The normalized spacial score (nSPS) is 12.0. The smallest absolute Gasteiger partial charge is 0.269 e. The maximum absolute atomic E-state index is 14.0. The lowest BCUT2D eigenvalue weighted by atomic mass is 10.1. The number of carbonyl (C=O) groups excluding carboxylic acids is 1. The highest BCUT2D eigenvalue weighted by Crippen LogP contribution is 2.28. The van der Waals surface area contributed by atoms with E-state index in [2.05, 4.69) is 0 Å². The van der Waals surface area contributed by atoms with Gasteiger partial charge in [-0.15, -0.1) is 0 Å². The predicted molar refractivity (Wildman–Crippen MR) is 169 cm³/mol. The number of hydrogen-bond donors (Lipinski definition) is 0. The molecule has 5 rings (SSSR count). The topological polar surface area (TPSA) is 98.3 Å². The monoisotopic (exact) mass is 592 g/mol. The molecule has 43 heavy (non-hydrogen) atoms. The van der Waals surface area contributed by atoms with Crippen LogP contribution < -0.4 is 5.56 Å². The Kier molecular flexibility index (Phi) is 9.08. The molecule has 0 saturated heterocycles. The summed E-state index contributed by atoms with van der Waals surface area (Å²) in [6, 6.07) is 29.4. The van der Waals surface area contributed by atoms with Crippen LogP contribution >= 0.6 is 11.6 Å². The fourth-order valence-electron chi connectivity index (χ4n) is 5.06. The van der Waals surface area contributed by atoms with E-state index in [1.165, 1.54) is 18.2 Å². The number of nitrogens with zero attached hydrogens (tertiary/aromatic N) is 4. The Morgan fingerprint density at radius 3 is 2.42 bits per heavy atom. The molecule has 1 aromatic heterocycles. The summed E-state index contributed by atoms with van der Waals surface area (Å²) in [4.78, 5) is 45.1. The van der Waals surface area contributed by atoms with Crippen LogP contribution in [0.3, 0.4) is 0 Å². The number of hydrogen-bond acceptors (Lipinski definition) is 5. The zero-order chi connectivity index (χ0) is 30.3. The number of fused-ring (bicyclic) bond motifs is 1. The number of para-hydroxylation sites is 1. The van der Waals surface area contributed by atoms with Crippen molar-refractivity contribution < 1.29 is 9.72 Å². The summed E-state index contributed by atoms with van der Waals surface area (Å²) < 4.78 is 1.55. The molecule has 1 amide bonds. The van der Waals surface area contributed by atoms with Gasteiger partial charge in [-0.05, 0) is 72.5 Å². The molecule has 9 heteroatoms. The molecule has 1 heterocycles. The van der Waals surface area contributed by atoms with Gasteiger partial charge in [-0.1, -0.05) is 67.1 Å². The Balaban J connectivity index is 1.60. The second-order valence-electron chi connectivity index (χ2n) is 9.98. The largest absolute Gasteiger partial charge is 0.329 e. The summed E-state index contributed by atoms with van der Waals surface area (Å²) in [7, 11) is 0. The van der Waals surface area contributed by atoms with Gasteiger partial charge in [-0.3, -0.25) is 24.3 Å². The minimum atomic E-state index is -0.561. The molecule has 0 aliphatic carbocycles. The van der Waals surface area contributed by atoms with Crippen LogP contribution in [0.2, 0.25) is 5.02 Å². The van der Waals surface area contributed by atoms with Crippen molar-refractivity contribution in [2.45, 2.75) is 25.8 Å². The summed E-state index contributed by atoms with van der Waals surface area (Å²) in [5, 5.41) is 12.0. The number of nitro benzene ring substituents is 1. The fraction of sp³-hybridized carbons (Fsp3) is 0.147. The molecule has 0 saturated carbocycles. The number of amides is 1. The lowest BCUT2D eigenvalue weighted by Gasteiger charge is -2.32. The van der Waals surface area contributed by atoms with Crippen LogP contribution in [0.4, 0.5) is 5.69 Å². The van der Waals surface area contributed by atoms with Crippen molar-refractivity contribution in [1.29, 1.82) is 0 Å². The van der Waals surface area contributed by atoms with Crippen LogP contribution in [-0.2, 0) is 11.2 Å². The molecular weight excluding hydrogens is 564 g/mol. The van der Waals surface area contributed by atoms with Crippen LogP contribution in [-0.4, -0.2) is 31.8 Å². The van der Waals surface area contributed by atoms with Gasteiger partial charge in [0.15, 0.2) is 0 Å². The van der Waals surface area contributed by atoms with Crippen LogP contribution in [0.1, 0.15) is 36.3 Å². The Hall–Kier alpha value is -5.08. The molecule has 0 bridgehead atoms. The first-order valence-corrected chi connectivity index (χ1v) is 14.3. The van der Waals surface area contributed by atoms with Gasteiger partial charge in [0.2, 0.25) is 5.91 Å². The standard InChI is InChI=1S/C34H29ClN4O4/c1-2-31(33-36-30-14-7-6-13-29(30)34(41)38(33)28-12-8-11-26(35)23-28)37(22-21-24-9-4-3-5-10-24)32(40)20-17-25-15-18-27(19-16-25)39(42)43/h3-20,23,31H,2,21-22H2,1H3/b20-17+. The number of carbonyl (C=O) groups is 1. The molecule has 1 atom stereocenters. The van der Waals surface area contributed by atoms with E-state index >= 15 is 0 Å². The molecule has 8 nitrogen and oxygen atoms in total. The molecule has 4 aromatic carbocycles. The Morgan fingerprint density at radius 1 is 1.00 bits per heavy atom. The van der Waals surface area contributed by atoms with Gasteiger partial charge in [0.1, 0.15) is 5.82 Å². The van der Waals surface area contributed by atoms with Crippen molar-refractivity contribution in [2.24, 2.45) is 0 Å². The van der Waals surface area contributed by atoms with Gasteiger partial charge >= 0.3 is 0 Å². The van der Waals surface area contributed by atoms with Gasteiger partial charge in [-0.2, -0.15) is 0 Å². The van der Waals surface area contributed by atoms with Crippen LogP contribution in [0.25, 0.3) is 22.7 Å². The van der Waals surface area contributed by atoms with Gasteiger partial charge in [0.25, 0.3) is 11.2 Å². The molecule has 5 aromatic rings. The highest BCUT2D eigenvalue weighted by Gasteiger charge is 2.28. The highest BCUT2D eigenvalue weighted by atomic mass is 35.5. The average Bonchev–Trinajstić information content (AvgIpc) is 3.02. The van der Waals surface area contributed by atoms with Crippen molar-refractivity contribution in [3.8, 4) is 5.69 Å². The number of non-ortho nitro benzene ring substituents is 1. The first-order chi connectivity index (χ1) is 20.9. The van der Waals surface area contributed by atoms with E-state index in [4.69, 9.17) is 16.6 Å². The molecule has 216 valence electrons. The molecule has 0 aliphatic heterocycles. The maximum Gasteiger partial charge on any atom is 0.269 e. The lowest BCUT2D eigenvalue weighted by molar-refractivity contribution is -0.384. The molecule has 1 unspecified atom stereocenters. The minimum absolute atomic E-state index is 0.0274. The number of nitro groups is 1. The van der Waals surface area contributed by atoms with Crippen LogP contribution in [0.15, 0.2) is 114 Å². The number of benzene rings is 4. The third kappa shape index (κ3) is 6.71. The lowest BCUT2D eigenvalue weighted by Crippen LogP contribution is -2.39. The van der Waals surface area contributed by atoms with E-state index in [1.807, 2.05) is 43.3 Å². The zero-order valence-electron chi connectivity index (χ0n) is 23.5. The van der Waals surface area contributed by atoms with Crippen molar-refractivity contribution >= 4 is 40.2 Å². The van der Waals surface area contributed by atoms with E-state index in [1.54, 1.807) is 70.1 Å². The number of aromatic nitrogens is 2. The van der Waals surface area contributed by atoms with Gasteiger partial charge < -0.3 is 4.90 Å². The Bertz CT molecular complexity index is 1850. The summed E-state index contributed by atoms with van der Waals surface area (Å²) in [5.41, 5.74) is 2.53. The quantitative estimate of drug-likeness (QED) is 0.0971. The van der Waals surface area contributed by atoms with Crippen LogP contribution in [0.5, 0.6) is 0 Å². The van der Waals surface area contributed by atoms with E-state index in [0.29, 0.717) is 52.4 Å². The summed E-state index contributed by atoms with van der Waals surface area (Å²) in [6.07, 6.45) is 4.16. The van der Waals surface area contributed by atoms with E-state index < -0.39 is 11.0 Å². The number of halogens is 1. The summed E-state index contributed by atoms with van der Waals surface area (Å²) in [6.45, 7) is 2.32. The molecule has 0 spiro atoms. The second-order valence-corrected chi connectivity index (χ2v) is 10.4. The highest BCUT2D eigenvalue weighted by molar-refractivity contribution is 6.30. The van der Waals surface area contributed by atoms with Gasteiger partial charge in [0.05, 0.1) is 27.6 Å². The predicted octanol–water partition coefficient (Wildman–Crippen LogP) is 7.18. The zero-order valence-corrected chi connectivity index (χ0v) is 24.2. The average molecular weight is 593 g/mol. The van der Waals surface area contributed by atoms with Crippen molar-refractivity contribution in [3.63, 3.8) is 0 Å². The van der Waals surface area contributed by atoms with E-state index in [-0.39, 0.29) is 17.2 Å². The first-order valence-electron chi connectivity index (χ1n) is 13.9. The van der Waals surface area contributed by atoms with Crippen LogP contribution in [0, 0.1) is 10.1 Å². The first kappa shape index (κ1) is 29.4. The van der Waals surface area contributed by atoms with Gasteiger partial charge in [-0.25, -0.2) is 4.98 Å². The SMILES string of the molecule is CCC(c1nc2ccccc2c(=O)n1-c1cccc(Cl)c1)N(CCc1ccccc1)C(=O)/C=C/c1ccc([N+](=O)[O-])cc1. The molecule has 0 radical (unpaired) electrons. The van der Waals surface area contributed by atoms with Crippen molar-refractivity contribution in [1.82, 2.24) is 14.5 Å². The van der Waals surface area contributed by atoms with E-state index in [9.17, 15) is 19.7 Å². The third-order valence-electron chi connectivity index (χ3n) is 7.22. The van der Waals surface area contributed by atoms with Gasteiger partial charge in [0, 0.05) is 29.8 Å². The number of rotatable bonds is 10. The van der Waals surface area contributed by atoms with Crippen molar-refractivity contribution in [3.05, 3.63) is 152 Å². The van der Waals surface area contributed by atoms with Crippen molar-refractivity contribution in [2.75, 3.05) is 6.54 Å². The second kappa shape index (κ2) is 13.3. The third-order valence-corrected chi connectivity index (χ3v) is 7.45. The maximum atomic E-state index is 14.0. The van der Waals surface area contributed by atoms with E-state index in [0.717, 1.165) is 5.56 Å². The summed E-state index contributed by atoms with van der Waals surface area (Å²) in [5.74, 6) is 0.153. The Morgan fingerprint density at radius 2 is 1.72 bits per heavy atom.